The minimum Gasteiger partial charge on any atom is -0.453 e. The fourth-order valence-corrected chi connectivity index (χ4v) is 5.98. The van der Waals surface area contributed by atoms with Crippen LogP contribution in [-0.2, 0) is 11.3 Å². The lowest BCUT2D eigenvalue weighted by Crippen LogP contribution is -2.28. The number of nitrogens with two attached hydrogens (primary N) is 1. The molecule has 4 aromatic rings. The predicted octanol–water partition coefficient (Wildman–Crippen LogP) is 6.37. The molecule has 2 unspecified atom stereocenters. The number of carbonyl (C=O) groups is 2. The molecule has 210 valence electrons. The monoisotopic (exact) mass is 556 g/mol. The number of halogens is 2. The molecule has 0 saturated carbocycles. The van der Waals surface area contributed by atoms with Crippen LogP contribution in [0.25, 0.3) is 11.1 Å². The van der Waals surface area contributed by atoms with Crippen molar-refractivity contribution < 1.29 is 23.1 Å². The van der Waals surface area contributed by atoms with E-state index in [2.05, 4.69) is 10.3 Å². The van der Waals surface area contributed by atoms with Gasteiger partial charge in [-0.15, -0.1) is 0 Å². The van der Waals surface area contributed by atoms with Gasteiger partial charge >= 0.3 is 6.09 Å². The minimum absolute atomic E-state index is 0. The van der Waals surface area contributed by atoms with Gasteiger partial charge in [0.1, 0.15) is 17.5 Å². The van der Waals surface area contributed by atoms with Gasteiger partial charge in [0.15, 0.2) is 0 Å². The third kappa shape index (κ3) is 4.47. The minimum atomic E-state index is -0.672. The highest BCUT2D eigenvalue weighted by molar-refractivity contribution is 5.95. The first kappa shape index (κ1) is 27.8. The zero-order valence-corrected chi connectivity index (χ0v) is 22.1. The highest BCUT2D eigenvalue weighted by Gasteiger charge is 2.51. The van der Waals surface area contributed by atoms with Crippen LogP contribution in [0.3, 0.4) is 0 Å². The van der Waals surface area contributed by atoms with E-state index in [1.54, 1.807) is 29.2 Å². The highest BCUT2D eigenvalue weighted by Crippen LogP contribution is 2.57. The number of aryl methyl sites for hydroxylation is 2. The second-order valence-electron chi connectivity index (χ2n) is 10.1. The van der Waals surface area contributed by atoms with Gasteiger partial charge in [0.05, 0.1) is 19.2 Å². The van der Waals surface area contributed by atoms with Crippen molar-refractivity contribution in [3.05, 3.63) is 117 Å². The number of hydrogen-bond acceptors (Lipinski definition) is 5. The Morgan fingerprint density at radius 2 is 1.63 bits per heavy atom. The van der Waals surface area contributed by atoms with Crippen LogP contribution in [0.2, 0.25) is 0 Å². The number of benzene rings is 3. The molecule has 6 rings (SSSR count). The first-order valence-corrected chi connectivity index (χ1v) is 12.8. The number of fused-ring (bicyclic) bond motifs is 8. The molecule has 9 heteroatoms. The van der Waals surface area contributed by atoms with Crippen molar-refractivity contribution in [2.75, 3.05) is 12.8 Å². The van der Waals surface area contributed by atoms with E-state index in [1.165, 1.54) is 19.2 Å². The van der Waals surface area contributed by atoms with Crippen LogP contribution < -0.4 is 11.1 Å². The molecule has 7 nitrogen and oxygen atoms in total. The van der Waals surface area contributed by atoms with Gasteiger partial charge in [-0.3, -0.25) is 9.69 Å². The Hall–Kier alpha value is -4.79. The fraction of sp³-hybridized carbons (Fsp3) is 0.219. The zero-order valence-electron chi connectivity index (χ0n) is 22.1. The molecule has 2 bridgehead atoms. The van der Waals surface area contributed by atoms with Gasteiger partial charge in [-0.05, 0) is 89.2 Å². The Kier molecular flexibility index (Phi) is 6.98. The molecule has 2 aliphatic rings. The van der Waals surface area contributed by atoms with Crippen molar-refractivity contribution in [1.82, 2.24) is 15.2 Å². The summed E-state index contributed by atoms with van der Waals surface area (Å²) in [6, 6.07) is 15.1. The number of hydrogen-bond donors (Lipinski definition) is 2. The van der Waals surface area contributed by atoms with E-state index in [0.29, 0.717) is 16.9 Å². The summed E-state index contributed by atoms with van der Waals surface area (Å²) in [5.41, 5.74) is 13.1. The lowest BCUT2D eigenvalue weighted by atomic mass is 9.83. The predicted molar refractivity (Wildman–Crippen MR) is 152 cm³/mol. The summed E-state index contributed by atoms with van der Waals surface area (Å²) >= 11 is 0. The maximum Gasteiger partial charge on any atom is 0.411 e. The van der Waals surface area contributed by atoms with Crippen LogP contribution in [0.5, 0.6) is 0 Å². The molecular formula is C32H30F2N4O3. The van der Waals surface area contributed by atoms with E-state index < -0.39 is 29.8 Å². The molecule has 3 aromatic carbocycles. The molecule has 2 atom stereocenters. The zero-order chi connectivity index (χ0) is 28.3. The number of nitrogen functional groups attached to an aromatic ring is 1. The number of anilines is 1. The third-order valence-electron chi connectivity index (χ3n) is 7.80. The Morgan fingerprint density at radius 1 is 0.951 bits per heavy atom. The lowest BCUT2D eigenvalue weighted by molar-refractivity contribution is 0.0950. The number of carbonyl (C=O) groups excluding carboxylic acids is 2. The third-order valence-corrected chi connectivity index (χ3v) is 7.80. The van der Waals surface area contributed by atoms with Crippen molar-refractivity contribution in [2.24, 2.45) is 0 Å². The van der Waals surface area contributed by atoms with Crippen molar-refractivity contribution in [1.29, 1.82) is 0 Å². The molecule has 3 heterocycles. The molecule has 0 saturated heterocycles. The van der Waals surface area contributed by atoms with Gasteiger partial charge in [0.25, 0.3) is 5.91 Å². The number of nitrogens with one attached hydrogen (secondary N) is 1. The summed E-state index contributed by atoms with van der Waals surface area (Å²) < 4.78 is 33.2. The van der Waals surface area contributed by atoms with E-state index >= 15 is 0 Å². The van der Waals surface area contributed by atoms with Crippen molar-refractivity contribution in [3.8, 4) is 11.1 Å². The molecule has 1 aromatic heterocycles. The van der Waals surface area contributed by atoms with Crippen molar-refractivity contribution in [3.63, 3.8) is 0 Å². The molecular weight excluding hydrogens is 526 g/mol. The number of ether oxygens (including phenoxy) is 1. The van der Waals surface area contributed by atoms with Crippen LogP contribution in [0.1, 0.15) is 68.9 Å². The van der Waals surface area contributed by atoms with Crippen LogP contribution in [0.4, 0.5) is 19.4 Å². The van der Waals surface area contributed by atoms with Gasteiger partial charge in [0, 0.05) is 29.4 Å². The fourth-order valence-electron chi connectivity index (χ4n) is 5.98. The van der Waals surface area contributed by atoms with Crippen LogP contribution in [0.15, 0.2) is 60.7 Å². The quantitative estimate of drug-likeness (QED) is 0.305. The number of aromatic nitrogens is 1. The van der Waals surface area contributed by atoms with Gasteiger partial charge in [-0.1, -0.05) is 25.6 Å². The van der Waals surface area contributed by atoms with E-state index in [0.717, 1.165) is 45.1 Å². The summed E-state index contributed by atoms with van der Waals surface area (Å²) in [5, 5.41) is 2.96. The largest absolute Gasteiger partial charge is 0.453 e. The van der Waals surface area contributed by atoms with Crippen LogP contribution >= 0.6 is 0 Å². The Morgan fingerprint density at radius 3 is 2.32 bits per heavy atom. The summed E-state index contributed by atoms with van der Waals surface area (Å²) in [5.74, 6) is -1.17. The maximum absolute atomic E-state index is 14.6. The highest BCUT2D eigenvalue weighted by atomic mass is 19.1. The lowest BCUT2D eigenvalue weighted by Gasteiger charge is -2.21. The van der Waals surface area contributed by atoms with Crippen LogP contribution in [0, 0.1) is 25.5 Å². The first-order chi connectivity index (χ1) is 19.2. The molecule has 0 spiro atoms. The SMILES string of the molecule is C.COC(=O)N1C2c3ccc(C(=O)NCc4c(C)cc(N)nc4C)cc3C1c1cc(-c3ccc(F)cc3F)ccc12. The summed E-state index contributed by atoms with van der Waals surface area (Å²) in [6.45, 7) is 4.06. The topological polar surface area (TPSA) is 97.5 Å². The average molecular weight is 557 g/mol. The molecule has 0 radical (unpaired) electrons. The van der Waals surface area contributed by atoms with Gasteiger partial charge in [-0.25, -0.2) is 18.6 Å². The molecule has 2 aliphatic heterocycles. The second-order valence-corrected chi connectivity index (χ2v) is 10.1. The van der Waals surface area contributed by atoms with E-state index in [4.69, 9.17) is 10.5 Å². The Balaban J connectivity index is 0.00000337. The van der Waals surface area contributed by atoms with Gasteiger partial charge in [-0.2, -0.15) is 0 Å². The summed E-state index contributed by atoms with van der Waals surface area (Å²) in [7, 11) is 1.32. The standard InChI is InChI=1S/C31H26F2N4O3.CH4/c1-15-10-27(34)36-16(2)25(15)14-35-30(38)18-5-8-22-24(12-18)29-23-11-17(20-9-6-19(32)13-26(20)33)4-7-21(23)28(22)37(29)31(39)40-3;/h4-13,28-29H,14H2,1-3H3,(H2,34,36)(H,35,38);1H4. The molecule has 0 fully saturated rings. The van der Waals surface area contributed by atoms with E-state index in [1.807, 2.05) is 32.0 Å². The Labute approximate surface area is 237 Å². The second kappa shape index (κ2) is 10.3. The van der Waals surface area contributed by atoms with E-state index in [9.17, 15) is 18.4 Å². The van der Waals surface area contributed by atoms with Gasteiger partial charge < -0.3 is 15.8 Å². The molecule has 0 aliphatic carbocycles. The molecule has 3 N–H and O–H groups in total. The normalized spacial score (nSPS) is 16.1. The maximum atomic E-state index is 14.6. The van der Waals surface area contributed by atoms with Gasteiger partial charge in [0.2, 0.25) is 0 Å². The van der Waals surface area contributed by atoms with Crippen LogP contribution in [-0.4, -0.2) is 29.0 Å². The smallest absolute Gasteiger partial charge is 0.411 e. The summed E-state index contributed by atoms with van der Waals surface area (Å²) in [6.07, 6.45) is -0.510. The Bertz CT molecular complexity index is 1700. The number of methoxy groups -OCH3 is 1. The number of amides is 2. The van der Waals surface area contributed by atoms with Crippen molar-refractivity contribution in [2.45, 2.75) is 39.9 Å². The number of nitrogens with zero attached hydrogens (tertiary/aromatic N) is 2. The number of rotatable bonds is 4. The average Bonchev–Trinajstić information content (AvgIpc) is 3.43. The first-order valence-electron chi connectivity index (χ1n) is 12.8. The van der Waals surface area contributed by atoms with E-state index in [-0.39, 0.29) is 25.4 Å². The summed E-state index contributed by atoms with van der Waals surface area (Å²) in [4.78, 5) is 32.1. The molecule has 41 heavy (non-hydrogen) atoms. The van der Waals surface area contributed by atoms with Crippen molar-refractivity contribution >= 4 is 17.8 Å². The number of pyridine rings is 1. The molecule has 2 amide bonds.